The SMILES string of the molecule is Pc1ccc(-c2ccc(-c3ccc(P)cc3)c(I)c2I)cc1. The summed E-state index contributed by atoms with van der Waals surface area (Å²) >= 11 is 4.92. The van der Waals surface area contributed by atoms with E-state index in [0.717, 1.165) is 0 Å². The summed E-state index contributed by atoms with van der Waals surface area (Å²) in [6, 6.07) is 21.7. The second-order valence-electron chi connectivity index (χ2n) is 5.03. The van der Waals surface area contributed by atoms with Gasteiger partial charge in [0.2, 0.25) is 0 Å². The Bertz CT molecular complexity index is 739. The Labute approximate surface area is 163 Å². The highest BCUT2D eigenvalue weighted by Gasteiger charge is 2.11. The first-order valence-electron chi connectivity index (χ1n) is 6.76. The van der Waals surface area contributed by atoms with Crippen LogP contribution in [0.25, 0.3) is 22.3 Å². The molecular formula is C18H14I2P2. The predicted molar refractivity (Wildman–Crippen MR) is 121 cm³/mol. The monoisotopic (exact) mass is 546 g/mol. The molecule has 0 radical (unpaired) electrons. The summed E-state index contributed by atoms with van der Waals surface area (Å²) in [4.78, 5) is 0. The van der Waals surface area contributed by atoms with Gasteiger partial charge in [0.15, 0.2) is 0 Å². The van der Waals surface area contributed by atoms with Crippen molar-refractivity contribution >= 4 is 74.3 Å². The second-order valence-corrected chi connectivity index (χ2v) is 8.52. The number of hydrogen-bond donors (Lipinski definition) is 0. The Morgan fingerprint density at radius 1 is 0.500 bits per heavy atom. The molecular weight excluding hydrogens is 532 g/mol. The van der Waals surface area contributed by atoms with Gasteiger partial charge in [0.05, 0.1) is 0 Å². The summed E-state index contributed by atoms with van der Waals surface area (Å²) in [5.74, 6) is 0. The fourth-order valence-corrected chi connectivity index (χ4v) is 4.27. The van der Waals surface area contributed by atoms with Crippen molar-refractivity contribution in [2.75, 3.05) is 0 Å². The normalized spacial score (nSPS) is 10.7. The van der Waals surface area contributed by atoms with E-state index < -0.39 is 0 Å². The first-order valence-corrected chi connectivity index (χ1v) is 10.1. The zero-order chi connectivity index (χ0) is 15.7. The van der Waals surface area contributed by atoms with Crippen LogP contribution in [-0.4, -0.2) is 0 Å². The van der Waals surface area contributed by atoms with Gasteiger partial charge in [0.1, 0.15) is 0 Å². The Morgan fingerprint density at radius 3 is 1.14 bits per heavy atom. The first kappa shape index (κ1) is 16.8. The summed E-state index contributed by atoms with van der Waals surface area (Å²) in [6.45, 7) is 0. The standard InChI is InChI=1S/C18H14I2P2/c19-17-15(11-1-5-13(21)6-2-11)9-10-16(18(17)20)12-3-7-14(22)8-4-12/h1-10H,21-22H2. The number of benzene rings is 3. The smallest absolute Gasteiger partial charge is 0.0348 e. The van der Waals surface area contributed by atoms with Crippen molar-refractivity contribution in [2.45, 2.75) is 0 Å². The van der Waals surface area contributed by atoms with Crippen molar-refractivity contribution < 1.29 is 0 Å². The molecule has 0 fully saturated rings. The van der Waals surface area contributed by atoms with E-state index in [1.54, 1.807) is 0 Å². The highest BCUT2D eigenvalue weighted by atomic mass is 127. The molecule has 2 unspecified atom stereocenters. The molecule has 0 N–H and O–H groups in total. The fraction of sp³-hybridized carbons (Fsp3) is 0. The minimum Gasteiger partial charge on any atom is -0.106 e. The van der Waals surface area contributed by atoms with Gasteiger partial charge in [0.25, 0.3) is 0 Å². The summed E-state index contributed by atoms with van der Waals surface area (Å²) in [7, 11) is 5.46. The lowest BCUT2D eigenvalue weighted by Gasteiger charge is -2.12. The molecule has 0 saturated heterocycles. The minimum atomic E-state index is 1.21. The quantitative estimate of drug-likeness (QED) is 0.306. The lowest BCUT2D eigenvalue weighted by Crippen LogP contribution is -1.94. The molecule has 2 atom stereocenters. The van der Waals surface area contributed by atoms with Crippen LogP contribution in [0.4, 0.5) is 0 Å². The minimum absolute atomic E-state index is 1.21. The van der Waals surface area contributed by atoms with Crippen molar-refractivity contribution in [3.05, 3.63) is 67.8 Å². The van der Waals surface area contributed by atoms with Gasteiger partial charge < -0.3 is 0 Å². The maximum atomic E-state index is 2.73. The van der Waals surface area contributed by atoms with Crippen LogP contribution < -0.4 is 10.6 Å². The summed E-state index contributed by atoms with van der Waals surface area (Å²) < 4.78 is 2.62. The zero-order valence-corrected chi connectivity index (χ0v) is 18.3. The molecule has 0 aliphatic carbocycles. The lowest BCUT2D eigenvalue weighted by molar-refractivity contribution is 1.53. The molecule has 0 amide bonds. The number of rotatable bonds is 2. The molecule has 0 bridgehead atoms. The van der Waals surface area contributed by atoms with E-state index in [-0.39, 0.29) is 0 Å². The summed E-state index contributed by atoms with van der Waals surface area (Å²) in [6.07, 6.45) is 0. The third kappa shape index (κ3) is 3.56. The van der Waals surface area contributed by atoms with E-state index >= 15 is 0 Å². The van der Waals surface area contributed by atoms with Crippen LogP contribution in [0.15, 0.2) is 60.7 Å². The van der Waals surface area contributed by atoms with E-state index in [9.17, 15) is 0 Å². The fourth-order valence-electron chi connectivity index (χ4n) is 2.32. The van der Waals surface area contributed by atoms with Crippen molar-refractivity contribution in [3.8, 4) is 22.3 Å². The molecule has 3 aromatic rings. The third-order valence-electron chi connectivity index (χ3n) is 3.53. The molecule has 0 spiro atoms. The van der Waals surface area contributed by atoms with Crippen LogP contribution in [-0.2, 0) is 0 Å². The van der Waals surface area contributed by atoms with Crippen LogP contribution >= 0.6 is 63.7 Å². The van der Waals surface area contributed by atoms with Gasteiger partial charge in [0, 0.05) is 7.14 Å². The Hall–Kier alpha value is -0.0200. The van der Waals surface area contributed by atoms with Crippen molar-refractivity contribution in [1.82, 2.24) is 0 Å². The second kappa shape index (κ2) is 7.25. The summed E-state index contributed by atoms with van der Waals surface area (Å²) in [5, 5.41) is 2.42. The first-order chi connectivity index (χ1) is 10.6. The molecule has 0 nitrogen and oxygen atoms in total. The van der Waals surface area contributed by atoms with Gasteiger partial charge in [-0.25, -0.2) is 0 Å². The number of hydrogen-bond acceptors (Lipinski definition) is 0. The molecule has 0 aliphatic heterocycles. The van der Waals surface area contributed by atoms with E-state index in [0.29, 0.717) is 0 Å². The average molecular weight is 546 g/mol. The third-order valence-corrected chi connectivity index (χ3v) is 7.57. The van der Waals surface area contributed by atoms with Gasteiger partial charge in [-0.15, -0.1) is 18.5 Å². The molecule has 0 heterocycles. The van der Waals surface area contributed by atoms with Crippen molar-refractivity contribution in [3.63, 3.8) is 0 Å². The largest absolute Gasteiger partial charge is 0.106 e. The van der Waals surface area contributed by atoms with Crippen LogP contribution in [0.5, 0.6) is 0 Å². The van der Waals surface area contributed by atoms with E-state index in [4.69, 9.17) is 0 Å². The molecule has 0 aromatic heterocycles. The maximum Gasteiger partial charge on any atom is 0.0348 e. The van der Waals surface area contributed by atoms with Gasteiger partial charge in [-0.05, 0) is 78.0 Å². The molecule has 110 valence electrons. The van der Waals surface area contributed by atoms with Gasteiger partial charge >= 0.3 is 0 Å². The van der Waals surface area contributed by atoms with Crippen LogP contribution in [0.2, 0.25) is 0 Å². The van der Waals surface area contributed by atoms with E-state index in [2.05, 4.69) is 124 Å². The molecule has 4 heteroatoms. The molecule has 0 aliphatic rings. The topological polar surface area (TPSA) is 0 Å². The highest BCUT2D eigenvalue weighted by molar-refractivity contribution is 14.1. The maximum absolute atomic E-state index is 2.73. The Kier molecular flexibility index (Phi) is 5.55. The predicted octanol–water partition coefficient (Wildman–Crippen LogP) is 5.23. The van der Waals surface area contributed by atoms with E-state index in [1.165, 1.54) is 40.0 Å². The van der Waals surface area contributed by atoms with Crippen molar-refractivity contribution in [2.24, 2.45) is 0 Å². The van der Waals surface area contributed by atoms with Crippen LogP contribution in [0.3, 0.4) is 0 Å². The Morgan fingerprint density at radius 2 is 0.818 bits per heavy atom. The molecule has 3 rings (SSSR count). The summed E-state index contributed by atoms with van der Waals surface area (Å²) in [5.41, 5.74) is 5.11. The highest BCUT2D eigenvalue weighted by Crippen LogP contribution is 2.35. The van der Waals surface area contributed by atoms with Gasteiger partial charge in [-0.3, -0.25) is 0 Å². The molecule has 22 heavy (non-hydrogen) atoms. The van der Waals surface area contributed by atoms with Gasteiger partial charge in [-0.1, -0.05) is 60.7 Å². The lowest BCUT2D eigenvalue weighted by atomic mass is 10.0. The molecule has 3 aromatic carbocycles. The Balaban J connectivity index is 2.08. The van der Waals surface area contributed by atoms with Crippen LogP contribution in [0, 0.1) is 7.14 Å². The van der Waals surface area contributed by atoms with E-state index in [1.807, 2.05) is 0 Å². The average Bonchev–Trinajstić information content (AvgIpc) is 2.52. The van der Waals surface area contributed by atoms with Crippen molar-refractivity contribution in [1.29, 1.82) is 0 Å². The molecule has 0 saturated carbocycles. The zero-order valence-electron chi connectivity index (χ0n) is 11.7. The van der Waals surface area contributed by atoms with Gasteiger partial charge in [-0.2, -0.15) is 0 Å². The van der Waals surface area contributed by atoms with Crippen LogP contribution in [0.1, 0.15) is 0 Å². The number of halogens is 2.